The van der Waals surface area contributed by atoms with Crippen molar-refractivity contribution in [2.45, 2.75) is 18.6 Å². The number of carbonyl (C=O) groups excluding carboxylic acids is 1. The second kappa shape index (κ2) is 6.55. The van der Waals surface area contributed by atoms with Gasteiger partial charge in [0.1, 0.15) is 11.0 Å². The van der Waals surface area contributed by atoms with Crippen LogP contribution in [0.15, 0.2) is 30.5 Å². The molecule has 0 spiro atoms. The van der Waals surface area contributed by atoms with Crippen molar-refractivity contribution in [3.8, 4) is 5.75 Å². The smallest absolute Gasteiger partial charge is 0.240 e. The molecule has 0 saturated carbocycles. The molecule has 2 heterocycles. The highest BCUT2D eigenvalue weighted by molar-refractivity contribution is 7.92. The van der Waals surface area contributed by atoms with Crippen molar-refractivity contribution in [3.63, 3.8) is 0 Å². The first kappa shape index (κ1) is 17.5. The number of nitrogens with zero attached hydrogens (tertiary/aromatic N) is 1. The van der Waals surface area contributed by atoms with Crippen LogP contribution in [0.1, 0.15) is 18.9 Å². The second-order valence-corrected chi connectivity index (χ2v) is 8.72. The molecule has 6 nitrogen and oxygen atoms in total. The van der Waals surface area contributed by atoms with E-state index in [0.717, 1.165) is 34.0 Å². The first-order valence-electron chi connectivity index (χ1n) is 8.13. The molecule has 0 radical (unpaired) electrons. The van der Waals surface area contributed by atoms with Crippen LogP contribution in [0.2, 0.25) is 0 Å². The molecule has 1 aromatic heterocycles. The van der Waals surface area contributed by atoms with Crippen molar-refractivity contribution in [3.05, 3.63) is 36.0 Å². The van der Waals surface area contributed by atoms with Gasteiger partial charge in [0.05, 0.1) is 7.11 Å². The largest absolute Gasteiger partial charge is 0.497 e. The van der Waals surface area contributed by atoms with Gasteiger partial charge >= 0.3 is 0 Å². The Kier molecular flexibility index (Phi) is 4.60. The molecule has 1 amide bonds. The Morgan fingerprint density at radius 1 is 1.36 bits per heavy atom. The maximum atomic E-state index is 12.3. The summed E-state index contributed by atoms with van der Waals surface area (Å²) >= 11 is 0. The van der Waals surface area contributed by atoms with E-state index in [-0.39, 0.29) is 5.91 Å². The second-order valence-electron chi connectivity index (χ2n) is 6.35. The van der Waals surface area contributed by atoms with E-state index in [1.165, 1.54) is 6.92 Å². The number of H-pyrrole nitrogens is 1. The number of hydrogen-bond donors (Lipinski definition) is 1. The summed E-state index contributed by atoms with van der Waals surface area (Å²) in [6.07, 6.45) is 5.75. The molecule has 0 bridgehead atoms. The van der Waals surface area contributed by atoms with Crippen molar-refractivity contribution < 1.29 is 17.9 Å². The molecule has 7 heteroatoms. The van der Waals surface area contributed by atoms with Crippen LogP contribution in [0.5, 0.6) is 5.75 Å². The Labute approximate surface area is 147 Å². The number of aromatic amines is 1. The first-order chi connectivity index (χ1) is 11.8. The van der Waals surface area contributed by atoms with Gasteiger partial charge in [0.15, 0.2) is 9.84 Å². The Morgan fingerprint density at radius 3 is 2.72 bits per heavy atom. The maximum absolute atomic E-state index is 12.3. The van der Waals surface area contributed by atoms with Gasteiger partial charge in [-0.3, -0.25) is 4.79 Å². The van der Waals surface area contributed by atoms with Crippen LogP contribution in [-0.4, -0.2) is 55.9 Å². The van der Waals surface area contributed by atoms with Crippen LogP contribution < -0.4 is 4.74 Å². The SMILES string of the molecule is COc1ccc2[nH]cc(C3=CCN(C(=O)C(C)S(C)(=O)=O)CC3)c2c1. The normalized spacial score (nSPS) is 16.6. The number of benzene rings is 1. The van der Waals surface area contributed by atoms with E-state index < -0.39 is 15.1 Å². The van der Waals surface area contributed by atoms with Gasteiger partial charge in [-0.25, -0.2) is 8.42 Å². The molecule has 1 aliphatic heterocycles. The summed E-state index contributed by atoms with van der Waals surface area (Å²) in [6, 6.07) is 5.88. The van der Waals surface area contributed by atoms with Crippen molar-refractivity contribution in [2.24, 2.45) is 0 Å². The van der Waals surface area contributed by atoms with E-state index >= 15 is 0 Å². The number of carbonyl (C=O) groups is 1. The van der Waals surface area contributed by atoms with Crippen LogP contribution in [0.25, 0.3) is 16.5 Å². The fourth-order valence-corrected chi connectivity index (χ4v) is 3.56. The van der Waals surface area contributed by atoms with Gasteiger partial charge in [0, 0.05) is 42.0 Å². The lowest BCUT2D eigenvalue weighted by Crippen LogP contribution is -2.43. The molecule has 0 saturated heterocycles. The summed E-state index contributed by atoms with van der Waals surface area (Å²) in [6.45, 7) is 2.38. The summed E-state index contributed by atoms with van der Waals surface area (Å²) in [5, 5.41) is 0.0784. The van der Waals surface area contributed by atoms with E-state index in [2.05, 4.69) is 4.98 Å². The van der Waals surface area contributed by atoms with Gasteiger partial charge in [-0.05, 0) is 37.1 Å². The molecule has 0 fully saturated rings. The van der Waals surface area contributed by atoms with E-state index in [4.69, 9.17) is 4.74 Å². The van der Waals surface area contributed by atoms with Crippen LogP contribution in [0.4, 0.5) is 0 Å². The number of nitrogens with one attached hydrogen (secondary N) is 1. The molecule has 134 valence electrons. The number of methoxy groups -OCH3 is 1. The summed E-state index contributed by atoms with van der Waals surface area (Å²) < 4.78 is 28.5. The standard InChI is InChI=1S/C18H22N2O4S/c1-12(25(3,22)23)18(21)20-8-6-13(7-9-20)16-11-19-17-5-4-14(24-2)10-15(16)17/h4-6,10-12,19H,7-9H2,1-3H3. The molecular formula is C18H22N2O4S. The number of sulfone groups is 1. The van der Waals surface area contributed by atoms with Crippen LogP contribution in [0, 0.1) is 0 Å². The van der Waals surface area contributed by atoms with Crippen LogP contribution >= 0.6 is 0 Å². The lowest BCUT2D eigenvalue weighted by molar-refractivity contribution is -0.130. The number of ether oxygens (including phenoxy) is 1. The fraction of sp³-hybridized carbons (Fsp3) is 0.389. The third kappa shape index (κ3) is 3.42. The predicted molar refractivity (Wildman–Crippen MR) is 98.3 cm³/mol. The molecule has 1 atom stereocenters. The van der Waals surface area contributed by atoms with Gasteiger partial charge in [0.25, 0.3) is 0 Å². The van der Waals surface area contributed by atoms with Crippen molar-refractivity contribution in [2.75, 3.05) is 26.5 Å². The highest BCUT2D eigenvalue weighted by atomic mass is 32.2. The quantitative estimate of drug-likeness (QED) is 0.904. The molecule has 0 aliphatic carbocycles. The lowest BCUT2D eigenvalue weighted by Gasteiger charge is -2.28. The molecule has 2 aromatic rings. The van der Waals surface area contributed by atoms with E-state index in [9.17, 15) is 13.2 Å². The van der Waals surface area contributed by atoms with Crippen LogP contribution in [0.3, 0.4) is 0 Å². The summed E-state index contributed by atoms with van der Waals surface area (Å²) in [5.74, 6) is 0.460. The number of hydrogen-bond acceptors (Lipinski definition) is 4. The van der Waals surface area contributed by atoms with Gasteiger partial charge in [-0.1, -0.05) is 6.08 Å². The Bertz CT molecular complexity index is 943. The van der Waals surface area contributed by atoms with E-state index in [1.54, 1.807) is 12.0 Å². The topological polar surface area (TPSA) is 79.5 Å². The van der Waals surface area contributed by atoms with E-state index in [0.29, 0.717) is 19.5 Å². The van der Waals surface area contributed by atoms with Gasteiger partial charge in [-0.2, -0.15) is 0 Å². The minimum atomic E-state index is -3.38. The average molecular weight is 362 g/mol. The zero-order chi connectivity index (χ0) is 18.2. The molecule has 1 N–H and O–H groups in total. The molecule has 25 heavy (non-hydrogen) atoms. The molecule has 1 aliphatic rings. The summed E-state index contributed by atoms with van der Waals surface area (Å²) in [5.41, 5.74) is 3.27. The van der Waals surface area contributed by atoms with Crippen LogP contribution in [-0.2, 0) is 14.6 Å². The molecular weight excluding hydrogens is 340 g/mol. The lowest BCUT2D eigenvalue weighted by atomic mass is 9.98. The minimum Gasteiger partial charge on any atom is -0.497 e. The average Bonchev–Trinajstić information content (AvgIpc) is 3.02. The van der Waals surface area contributed by atoms with Gasteiger partial charge in [0.2, 0.25) is 5.91 Å². The first-order valence-corrected chi connectivity index (χ1v) is 10.1. The van der Waals surface area contributed by atoms with E-state index in [1.807, 2.05) is 30.5 Å². The molecule has 1 aromatic carbocycles. The Hall–Kier alpha value is -2.28. The highest BCUT2D eigenvalue weighted by Gasteiger charge is 2.29. The zero-order valence-electron chi connectivity index (χ0n) is 14.6. The predicted octanol–water partition coefficient (Wildman–Crippen LogP) is 2.23. The highest BCUT2D eigenvalue weighted by Crippen LogP contribution is 2.31. The third-order valence-corrected chi connectivity index (χ3v) is 6.23. The zero-order valence-corrected chi connectivity index (χ0v) is 15.4. The number of amides is 1. The third-order valence-electron chi connectivity index (χ3n) is 4.75. The monoisotopic (exact) mass is 362 g/mol. The summed E-state index contributed by atoms with van der Waals surface area (Å²) in [7, 11) is -1.74. The number of fused-ring (bicyclic) bond motifs is 1. The molecule has 1 unspecified atom stereocenters. The molecule has 3 rings (SSSR count). The van der Waals surface area contributed by atoms with Crippen molar-refractivity contribution in [1.29, 1.82) is 0 Å². The minimum absolute atomic E-state index is 0.335. The number of aromatic nitrogens is 1. The van der Waals surface area contributed by atoms with Crippen molar-refractivity contribution >= 4 is 32.2 Å². The summed E-state index contributed by atoms with van der Waals surface area (Å²) in [4.78, 5) is 17.2. The number of rotatable bonds is 4. The Balaban J connectivity index is 1.83. The van der Waals surface area contributed by atoms with Crippen molar-refractivity contribution in [1.82, 2.24) is 9.88 Å². The fourth-order valence-electron chi connectivity index (χ4n) is 3.05. The van der Waals surface area contributed by atoms with Gasteiger partial charge in [-0.15, -0.1) is 0 Å². The maximum Gasteiger partial charge on any atom is 0.240 e. The van der Waals surface area contributed by atoms with Gasteiger partial charge < -0.3 is 14.6 Å². The Morgan fingerprint density at radius 2 is 2.12 bits per heavy atom.